The average molecular weight is 316 g/mol. The fourth-order valence-corrected chi connectivity index (χ4v) is 4.67. The molecular formula is C13H24N4O3S. The van der Waals surface area contributed by atoms with Crippen LogP contribution in [0.5, 0.6) is 0 Å². The zero-order valence-electron chi connectivity index (χ0n) is 12.9. The summed E-state index contributed by atoms with van der Waals surface area (Å²) in [6.45, 7) is 5.44. The van der Waals surface area contributed by atoms with Crippen LogP contribution in [0.1, 0.15) is 24.2 Å². The second-order valence-corrected chi connectivity index (χ2v) is 7.23. The third-order valence-electron chi connectivity index (χ3n) is 3.99. The Morgan fingerprint density at radius 3 is 2.48 bits per heavy atom. The first-order valence-electron chi connectivity index (χ1n) is 7.18. The van der Waals surface area contributed by atoms with E-state index >= 15 is 0 Å². The number of rotatable bonds is 5. The summed E-state index contributed by atoms with van der Waals surface area (Å²) in [6.07, 6.45) is 1.61. The Morgan fingerprint density at radius 1 is 1.33 bits per heavy atom. The van der Waals surface area contributed by atoms with Crippen LogP contribution >= 0.6 is 0 Å². The van der Waals surface area contributed by atoms with Gasteiger partial charge in [0.15, 0.2) is 0 Å². The number of nitrogens with two attached hydrogens (primary N) is 1. The maximum Gasteiger partial charge on any atom is 0.246 e. The monoisotopic (exact) mass is 316 g/mol. The molecule has 0 saturated carbocycles. The first-order valence-corrected chi connectivity index (χ1v) is 8.62. The molecule has 21 heavy (non-hydrogen) atoms. The lowest BCUT2D eigenvalue weighted by atomic mass is 10.1. The predicted molar refractivity (Wildman–Crippen MR) is 79.5 cm³/mol. The Bertz CT molecular complexity index is 589. The van der Waals surface area contributed by atoms with Crippen LogP contribution in [-0.4, -0.2) is 55.4 Å². The van der Waals surface area contributed by atoms with Gasteiger partial charge in [0, 0.05) is 26.7 Å². The summed E-state index contributed by atoms with van der Waals surface area (Å²) >= 11 is 0. The minimum atomic E-state index is -3.50. The van der Waals surface area contributed by atoms with Crippen molar-refractivity contribution in [3.63, 3.8) is 0 Å². The maximum absolute atomic E-state index is 12.8. The van der Waals surface area contributed by atoms with Crippen LogP contribution in [0, 0.1) is 13.8 Å². The lowest BCUT2D eigenvalue weighted by Crippen LogP contribution is -2.40. The molecule has 1 fully saturated rings. The van der Waals surface area contributed by atoms with E-state index < -0.39 is 10.0 Å². The van der Waals surface area contributed by atoms with Crippen LogP contribution in [0.3, 0.4) is 0 Å². The third kappa shape index (κ3) is 3.13. The van der Waals surface area contributed by atoms with Crippen molar-refractivity contribution < 1.29 is 13.2 Å². The van der Waals surface area contributed by atoms with E-state index in [0.29, 0.717) is 42.5 Å². The van der Waals surface area contributed by atoms with E-state index in [1.807, 2.05) is 0 Å². The molecule has 0 bridgehead atoms. The normalized spacial score (nSPS) is 18.3. The first-order chi connectivity index (χ1) is 9.91. The van der Waals surface area contributed by atoms with Crippen molar-refractivity contribution in [3.8, 4) is 0 Å². The number of methoxy groups -OCH3 is 1. The topological polar surface area (TPSA) is 90.5 Å². The molecule has 2 N–H and O–H groups in total. The van der Waals surface area contributed by atoms with Gasteiger partial charge in [0.1, 0.15) is 4.90 Å². The summed E-state index contributed by atoms with van der Waals surface area (Å²) in [5.74, 6) is 0. The summed E-state index contributed by atoms with van der Waals surface area (Å²) in [6, 6.07) is 0. The molecule has 1 aromatic rings. The van der Waals surface area contributed by atoms with E-state index in [1.165, 1.54) is 4.31 Å². The zero-order valence-corrected chi connectivity index (χ0v) is 13.7. The molecule has 2 heterocycles. The van der Waals surface area contributed by atoms with E-state index in [0.717, 1.165) is 12.8 Å². The van der Waals surface area contributed by atoms with Gasteiger partial charge in [-0.2, -0.15) is 9.40 Å². The number of aromatic nitrogens is 2. The van der Waals surface area contributed by atoms with Crippen molar-refractivity contribution in [2.24, 2.45) is 5.73 Å². The smallest absolute Gasteiger partial charge is 0.246 e. The number of ether oxygens (including phenoxy) is 1. The van der Waals surface area contributed by atoms with Crippen molar-refractivity contribution in [1.82, 2.24) is 14.1 Å². The Morgan fingerprint density at radius 2 is 1.95 bits per heavy atom. The molecule has 0 aliphatic carbocycles. The van der Waals surface area contributed by atoms with Crippen molar-refractivity contribution >= 4 is 10.0 Å². The van der Waals surface area contributed by atoms with Gasteiger partial charge in [-0.15, -0.1) is 0 Å². The van der Waals surface area contributed by atoms with Gasteiger partial charge in [0.2, 0.25) is 10.0 Å². The minimum absolute atomic E-state index is 0.151. The summed E-state index contributed by atoms with van der Waals surface area (Å²) in [5, 5.41) is 4.30. The Hall–Kier alpha value is -0.960. The molecular weight excluding hydrogens is 292 g/mol. The fraction of sp³-hybridized carbons (Fsp3) is 0.769. The number of sulfonamides is 1. The highest BCUT2D eigenvalue weighted by Crippen LogP contribution is 2.26. The molecule has 8 heteroatoms. The van der Waals surface area contributed by atoms with Crippen molar-refractivity contribution in [3.05, 3.63) is 11.4 Å². The molecule has 0 atom stereocenters. The average Bonchev–Trinajstić information content (AvgIpc) is 2.74. The van der Waals surface area contributed by atoms with Crippen molar-refractivity contribution in [2.75, 3.05) is 26.7 Å². The van der Waals surface area contributed by atoms with Crippen LogP contribution in [0.25, 0.3) is 0 Å². The van der Waals surface area contributed by atoms with Gasteiger partial charge in [-0.3, -0.25) is 4.68 Å². The summed E-state index contributed by atoms with van der Waals surface area (Å²) in [5.41, 5.74) is 6.73. The lowest BCUT2D eigenvalue weighted by Gasteiger charge is -2.30. The molecule has 0 aromatic carbocycles. The van der Waals surface area contributed by atoms with E-state index in [4.69, 9.17) is 10.5 Å². The maximum atomic E-state index is 12.8. The van der Waals surface area contributed by atoms with Gasteiger partial charge in [-0.25, -0.2) is 8.42 Å². The largest absolute Gasteiger partial charge is 0.381 e. The van der Waals surface area contributed by atoms with E-state index in [1.54, 1.807) is 25.6 Å². The molecule has 0 amide bonds. The Labute approximate surface area is 126 Å². The van der Waals surface area contributed by atoms with Gasteiger partial charge in [0.25, 0.3) is 0 Å². The number of hydrogen-bond donors (Lipinski definition) is 1. The predicted octanol–water partition coefficient (Wildman–Crippen LogP) is 0.258. The molecule has 1 aliphatic heterocycles. The van der Waals surface area contributed by atoms with Gasteiger partial charge < -0.3 is 10.5 Å². The standard InChI is InChI=1S/C13H24N4O3S/c1-10-13(11(2)17(15-10)9-6-14)21(18,19)16-7-4-12(20-3)5-8-16/h12H,4-9,14H2,1-3H3. The fourth-order valence-electron chi connectivity index (χ4n) is 2.83. The first kappa shape index (κ1) is 16.4. The summed E-state index contributed by atoms with van der Waals surface area (Å²) in [7, 11) is -1.83. The molecule has 1 aromatic heterocycles. The van der Waals surface area contributed by atoms with Crippen LogP contribution in [0.15, 0.2) is 4.90 Å². The van der Waals surface area contributed by atoms with Gasteiger partial charge in [-0.05, 0) is 26.7 Å². The Kier molecular flexibility index (Phi) is 5.03. The number of piperidine rings is 1. The molecule has 2 rings (SSSR count). The number of nitrogens with zero attached hydrogens (tertiary/aromatic N) is 3. The quantitative estimate of drug-likeness (QED) is 0.841. The molecule has 0 spiro atoms. The van der Waals surface area contributed by atoms with Gasteiger partial charge in [-0.1, -0.05) is 0 Å². The van der Waals surface area contributed by atoms with E-state index in [-0.39, 0.29) is 6.10 Å². The van der Waals surface area contributed by atoms with Crippen molar-refractivity contribution in [2.45, 2.75) is 44.2 Å². The minimum Gasteiger partial charge on any atom is -0.381 e. The van der Waals surface area contributed by atoms with Crippen LogP contribution in [0.2, 0.25) is 0 Å². The molecule has 1 aliphatic rings. The summed E-state index contributed by atoms with van der Waals surface area (Å²) < 4.78 is 34.2. The molecule has 7 nitrogen and oxygen atoms in total. The van der Waals surface area contributed by atoms with E-state index in [9.17, 15) is 8.42 Å². The van der Waals surface area contributed by atoms with Crippen LogP contribution in [-0.2, 0) is 21.3 Å². The second-order valence-electron chi connectivity index (χ2n) is 5.35. The van der Waals surface area contributed by atoms with Gasteiger partial charge >= 0.3 is 0 Å². The highest BCUT2D eigenvalue weighted by molar-refractivity contribution is 7.89. The highest BCUT2D eigenvalue weighted by Gasteiger charge is 2.33. The zero-order chi connectivity index (χ0) is 15.6. The molecule has 1 saturated heterocycles. The SMILES string of the molecule is COC1CCN(S(=O)(=O)c2c(C)nn(CCN)c2C)CC1. The number of aryl methyl sites for hydroxylation is 1. The summed E-state index contributed by atoms with van der Waals surface area (Å²) in [4.78, 5) is 0.326. The second kappa shape index (κ2) is 6.43. The van der Waals surface area contributed by atoms with Crippen LogP contribution in [0.4, 0.5) is 0 Å². The van der Waals surface area contributed by atoms with Gasteiger partial charge in [0.05, 0.1) is 24.0 Å². The van der Waals surface area contributed by atoms with Crippen LogP contribution < -0.4 is 5.73 Å². The molecule has 0 radical (unpaired) electrons. The molecule has 120 valence electrons. The van der Waals surface area contributed by atoms with Crippen molar-refractivity contribution in [1.29, 1.82) is 0 Å². The molecule has 0 unspecified atom stereocenters. The van der Waals surface area contributed by atoms with E-state index in [2.05, 4.69) is 5.10 Å². The number of hydrogen-bond acceptors (Lipinski definition) is 5. The highest BCUT2D eigenvalue weighted by atomic mass is 32.2. The lowest BCUT2D eigenvalue weighted by molar-refractivity contribution is 0.0604. The third-order valence-corrected chi connectivity index (χ3v) is 6.14. The Balaban J connectivity index is 2.28.